The molecular formula is C11H14F2N2O3S. The predicted molar refractivity (Wildman–Crippen MR) is 67.3 cm³/mol. The molecule has 2 aliphatic rings. The average Bonchev–Trinajstić information content (AvgIpc) is 2.73. The number of nitrogens with zero attached hydrogens (tertiary/aromatic N) is 1. The molecule has 0 radical (unpaired) electrons. The molecule has 0 amide bonds. The molecule has 1 saturated heterocycles. The maximum atomic E-state index is 12.1. The molecular weight excluding hydrogens is 278 g/mol. The number of alkyl halides is 2. The Balaban J connectivity index is 2.09. The van der Waals surface area contributed by atoms with E-state index >= 15 is 0 Å². The number of ether oxygens (including phenoxy) is 2. The van der Waals surface area contributed by atoms with Gasteiger partial charge in [0.05, 0.1) is 6.61 Å². The summed E-state index contributed by atoms with van der Waals surface area (Å²) in [7, 11) is 0. The number of hydrogen-bond donors (Lipinski definition) is 1. The minimum absolute atomic E-state index is 0.0736. The minimum atomic E-state index is -2.49. The highest BCUT2D eigenvalue weighted by molar-refractivity contribution is 8.14. The molecule has 0 aromatic heterocycles. The summed E-state index contributed by atoms with van der Waals surface area (Å²) in [6, 6.07) is 0. The number of amidine groups is 1. The van der Waals surface area contributed by atoms with Gasteiger partial charge in [0.2, 0.25) is 0 Å². The Labute approximate surface area is 113 Å². The van der Waals surface area contributed by atoms with E-state index in [9.17, 15) is 13.6 Å². The van der Waals surface area contributed by atoms with Gasteiger partial charge in [-0.3, -0.25) is 9.79 Å². The van der Waals surface area contributed by atoms with Crippen LogP contribution in [0.3, 0.4) is 0 Å². The Bertz CT molecular complexity index is 417. The van der Waals surface area contributed by atoms with E-state index in [4.69, 9.17) is 9.47 Å². The van der Waals surface area contributed by atoms with Crippen LogP contribution in [0.1, 0.15) is 6.92 Å². The van der Waals surface area contributed by atoms with Crippen molar-refractivity contribution in [2.45, 2.75) is 24.3 Å². The average molecular weight is 292 g/mol. The molecule has 2 rings (SSSR count). The van der Waals surface area contributed by atoms with E-state index in [0.717, 1.165) is 0 Å². The summed E-state index contributed by atoms with van der Waals surface area (Å²) in [6.07, 6.45) is 1.14. The van der Waals surface area contributed by atoms with Crippen LogP contribution < -0.4 is 5.32 Å². The standard InChI is InChI=1S/C11H14F2N2O3S/c1-7(16)18-6-11-3-2-4-17-9(11)19-10(15-11)14-5-8(12)13/h2-3,8-9H,4-6H2,1H3,(H,14,15). The number of nitrogens with one attached hydrogen (secondary N) is 1. The number of carbonyl (C=O) groups excluding carboxylic acids is 1. The van der Waals surface area contributed by atoms with Gasteiger partial charge >= 0.3 is 5.97 Å². The zero-order valence-corrected chi connectivity index (χ0v) is 11.1. The normalized spacial score (nSPS) is 31.4. The van der Waals surface area contributed by atoms with Gasteiger partial charge in [0.25, 0.3) is 6.43 Å². The van der Waals surface area contributed by atoms with Crippen molar-refractivity contribution >= 4 is 22.9 Å². The third-order valence-corrected chi connectivity index (χ3v) is 3.85. The van der Waals surface area contributed by atoms with E-state index in [2.05, 4.69) is 10.3 Å². The molecule has 0 bridgehead atoms. The molecule has 0 aliphatic carbocycles. The first-order chi connectivity index (χ1) is 9.02. The molecule has 19 heavy (non-hydrogen) atoms. The Hall–Kier alpha value is -1.15. The van der Waals surface area contributed by atoms with Gasteiger partial charge in [-0.1, -0.05) is 23.9 Å². The van der Waals surface area contributed by atoms with E-state index in [1.807, 2.05) is 6.08 Å². The largest absolute Gasteiger partial charge is 0.463 e. The summed E-state index contributed by atoms with van der Waals surface area (Å²) in [5.41, 5.74) is -1.07. The van der Waals surface area contributed by atoms with Crippen LogP contribution in [0.4, 0.5) is 8.78 Å². The molecule has 1 fully saturated rings. The fourth-order valence-electron chi connectivity index (χ4n) is 1.80. The first kappa shape index (κ1) is 14.3. The van der Waals surface area contributed by atoms with Crippen LogP contribution in [-0.4, -0.2) is 48.3 Å². The number of fused-ring (bicyclic) bond motifs is 1. The lowest BCUT2D eigenvalue weighted by atomic mass is 10.00. The number of carbonyl (C=O) groups is 1. The highest BCUT2D eigenvalue weighted by atomic mass is 32.2. The lowest BCUT2D eigenvalue weighted by molar-refractivity contribution is -0.143. The SMILES string of the molecule is CC(=O)OCC12C=CCOC1SC(=NCC(F)F)N2. The van der Waals surface area contributed by atoms with E-state index in [1.54, 1.807) is 6.08 Å². The van der Waals surface area contributed by atoms with Crippen LogP contribution in [0.2, 0.25) is 0 Å². The quantitative estimate of drug-likeness (QED) is 0.622. The maximum Gasteiger partial charge on any atom is 0.302 e. The summed E-state index contributed by atoms with van der Waals surface area (Å²) < 4.78 is 34.8. The summed E-state index contributed by atoms with van der Waals surface area (Å²) in [4.78, 5) is 14.7. The zero-order valence-electron chi connectivity index (χ0n) is 10.3. The molecule has 0 spiro atoms. The maximum absolute atomic E-state index is 12.1. The summed E-state index contributed by atoms with van der Waals surface area (Å²) in [5.74, 6) is -0.406. The Morgan fingerprint density at radius 2 is 2.58 bits per heavy atom. The topological polar surface area (TPSA) is 59.9 Å². The van der Waals surface area contributed by atoms with Gasteiger partial charge < -0.3 is 14.8 Å². The number of esters is 1. The second kappa shape index (κ2) is 5.87. The van der Waals surface area contributed by atoms with E-state index in [-0.39, 0.29) is 12.0 Å². The molecule has 5 nitrogen and oxygen atoms in total. The third-order valence-electron chi connectivity index (χ3n) is 2.63. The van der Waals surface area contributed by atoms with Crippen LogP contribution in [0.25, 0.3) is 0 Å². The predicted octanol–water partition coefficient (Wildman–Crippen LogP) is 1.16. The Kier molecular flexibility index (Phi) is 4.41. The van der Waals surface area contributed by atoms with E-state index < -0.39 is 24.5 Å². The van der Waals surface area contributed by atoms with Crippen molar-refractivity contribution in [3.63, 3.8) is 0 Å². The fraction of sp³-hybridized carbons (Fsp3) is 0.636. The molecule has 2 heterocycles. The van der Waals surface area contributed by atoms with Crippen LogP contribution in [0.5, 0.6) is 0 Å². The molecule has 2 aliphatic heterocycles. The molecule has 2 unspecified atom stereocenters. The van der Waals surface area contributed by atoms with Gasteiger partial charge in [-0.25, -0.2) is 8.78 Å². The van der Waals surface area contributed by atoms with Crippen molar-refractivity contribution in [3.8, 4) is 0 Å². The number of halogens is 2. The number of thioether (sulfide) groups is 1. The molecule has 0 aromatic carbocycles. The van der Waals surface area contributed by atoms with Crippen LogP contribution in [0, 0.1) is 0 Å². The fourth-order valence-corrected chi connectivity index (χ4v) is 2.96. The molecule has 0 saturated carbocycles. The van der Waals surface area contributed by atoms with Crippen molar-refractivity contribution in [1.82, 2.24) is 5.32 Å². The van der Waals surface area contributed by atoms with Crippen LogP contribution in [0.15, 0.2) is 17.1 Å². The van der Waals surface area contributed by atoms with Gasteiger partial charge in [0.15, 0.2) is 5.17 Å². The highest BCUT2D eigenvalue weighted by Crippen LogP contribution is 2.36. The second-order valence-corrected chi connectivity index (χ2v) is 5.22. The van der Waals surface area contributed by atoms with Gasteiger partial charge in [-0.2, -0.15) is 0 Å². The van der Waals surface area contributed by atoms with Gasteiger partial charge in [0.1, 0.15) is 24.1 Å². The summed E-state index contributed by atoms with van der Waals surface area (Å²) in [6.45, 7) is 1.26. The number of rotatable bonds is 4. The van der Waals surface area contributed by atoms with Crippen molar-refractivity contribution in [2.75, 3.05) is 19.8 Å². The molecule has 2 atom stereocenters. The van der Waals surface area contributed by atoms with Gasteiger partial charge in [-0.15, -0.1) is 0 Å². The molecule has 1 N–H and O–H groups in total. The summed E-state index contributed by atoms with van der Waals surface area (Å²) in [5, 5.41) is 3.39. The van der Waals surface area contributed by atoms with Crippen LogP contribution >= 0.6 is 11.8 Å². The first-order valence-electron chi connectivity index (χ1n) is 5.72. The van der Waals surface area contributed by atoms with Gasteiger partial charge in [-0.05, 0) is 0 Å². The third kappa shape index (κ3) is 3.44. The molecule has 8 heteroatoms. The van der Waals surface area contributed by atoms with Crippen molar-refractivity contribution in [3.05, 3.63) is 12.2 Å². The lowest BCUT2D eigenvalue weighted by Gasteiger charge is -2.32. The Morgan fingerprint density at radius 3 is 3.26 bits per heavy atom. The highest BCUT2D eigenvalue weighted by Gasteiger charge is 2.48. The number of aliphatic imine (C=N–C) groups is 1. The monoisotopic (exact) mass is 292 g/mol. The van der Waals surface area contributed by atoms with Crippen molar-refractivity contribution < 1.29 is 23.0 Å². The zero-order chi connectivity index (χ0) is 13.9. The molecule has 106 valence electrons. The smallest absolute Gasteiger partial charge is 0.302 e. The van der Waals surface area contributed by atoms with Crippen molar-refractivity contribution in [2.24, 2.45) is 4.99 Å². The van der Waals surface area contributed by atoms with Crippen LogP contribution in [-0.2, 0) is 14.3 Å². The van der Waals surface area contributed by atoms with Gasteiger partial charge in [0, 0.05) is 6.92 Å². The Morgan fingerprint density at radius 1 is 1.79 bits per heavy atom. The van der Waals surface area contributed by atoms with E-state index in [1.165, 1.54) is 18.7 Å². The summed E-state index contributed by atoms with van der Waals surface area (Å²) >= 11 is 1.23. The number of hydrogen-bond acceptors (Lipinski definition) is 5. The van der Waals surface area contributed by atoms with E-state index in [0.29, 0.717) is 11.8 Å². The lowest BCUT2D eigenvalue weighted by Crippen LogP contribution is -2.53. The van der Waals surface area contributed by atoms with Crippen molar-refractivity contribution in [1.29, 1.82) is 0 Å². The minimum Gasteiger partial charge on any atom is -0.463 e. The first-order valence-corrected chi connectivity index (χ1v) is 6.60. The second-order valence-electron chi connectivity index (χ2n) is 4.17. The molecule has 0 aromatic rings.